The van der Waals surface area contributed by atoms with E-state index in [4.69, 9.17) is 5.73 Å². The van der Waals surface area contributed by atoms with Gasteiger partial charge in [0.25, 0.3) is 0 Å². The molecule has 0 aromatic carbocycles. The van der Waals surface area contributed by atoms with Crippen molar-refractivity contribution in [2.75, 3.05) is 26.2 Å². The van der Waals surface area contributed by atoms with Gasteiger partial charge in [0.05, 0.1) is 5.41 Å². The largest absolute Gasteiger partial charge is 0.337 e. The fourth-order valence-electron chi connectivity index (χ4n) is 4.48. The molecular formula is C15H27N3O. The molecule has 2 aliphatic heterocycles. The van der Waals surface area contributed by atoms with Crippen LogP contribution < -0.4 is 5.73 Å². The van der Waals surface area contributed by atoms with E-state index in [1.807, 2.05) is 0 Å². The summed E-state index contributed by atoms with van der Waals surface area (Å²) < 4.78 is 0. The molecule has 2 saturated heterocycles. The summed E-state index contributed by atoms with van der Waals surface area (Å²) in [7, 11) is 0. The van der Waals surface area contributed by atoms with E-state index in [2.05, 4.69) is 23.6 Å². The van der Waals surface area contributed by atoms with Gasteiger partial charge in [-0.25, -0.2) is 0 Å². The SMILES string of the molecule is CC1CC(CN)(C(=O)N2CC3CCCN3CC2C)C1. The first-order valence-corrected chi connectivity index (χ1v) is 7.81. The van der Waals surface area contributed by atoms with Gasteiger partial charge in [0.2, 0.25) is 5.91 Å². The summed E-state index contributed by atoms with van der Waals surface area (Å²) in [5, 5.41) is 0. The van der Waals surface area contributed by atoms with E-state index in [9.17, 15) is 4.79 Å². The van der Waals surface area contributed by atoms with E-state index in [-0.39, 0.29) is 5.41 Å². The standard InChI is InChI=1S/C15H27N3O/c1-11-6-15(7-11,10-16)14(19)18-9-13-4-3-5-17(13)8-12(18)2/h11-13H,3-10,16H2,1-2H3. The topological polar surface area (TPSA) is 49.6 Å². The Kier molecular flexibility index (Phi) is 3.34. The molecule has 108 valence electrons. The van der Waals surface area contributed by atoms with E-state index in [0.29, 0.717) is 30.5 Å². The number of nitrogens with two attached hydrogens (primary N) is 1. The number of hydrogen-bond donors (Lipinski definition) is 1. The molecule has 3 aliphatic rings. The first-order valence-electron chi connectivity index (χ1n) is 7.81. The van der Waals surface area contributed by atoms with Crippen LogP contribution in [0.25, 0.3) is 0 Å². The minimum atomic E-state index is -0.228. The van der Waals surface area contributed by atoms with Crippen molar-refractivity contribution in [1.82, 2.24) is 9.80 Å². The second-order valence-corrected chi connectivity index (χ2v) is 7.10. The van der Waals surface area contributed by atoms with Crippen LogP contribution in [0.1, 0.15) is 39.5 Å². The van der Waals surface area contributed by atoms with Crippen LogP contribution in [0.4, 0.5) is 0 Å². The Balaban J connectivity index is 1.72. The van der Waals surface area contributed by atoms with Gasteiger partial charge in [-0.2, -0.15) is 0 Å². The third kappa shape index (κ3) is 2.09. The van der Waals surface area contributed by atoms with Crippen molar-refractivity contribution >= 4 is 5.91 Å². The fraction of sp³-hybridized carbons (Fsp3) is 0.933. The number of amides is 1. The molecule has 2 heterocycles. The highest BCUT2D eigenvalue weighted by molar-refractivity contribution is 5.84. The Morgan fingerprint density at radius 2 is 2.05 bits per heavy atom. The zero-order chi connectivity index (χ0) is 13.6. The average Bonchev–Trinajstić information content (AvgIpc) is 2.79. The molecule has 4 heteroatoms. The molecule has 0 aromatic rings. The lowest BCUT2D eigenvalue weighted by molar-refractivity contribution is -0.155. The highest BCUT2D eigenvalue weighted by Gasteiger charge is 2.51. The summed E-state index contributed by atoms with van der Waals surface area (Å²) in [5.41, 5.74) is 5.71. The van der Waals surface area contributed by atoms with E-state index >= 15 is 0 Å². The molecule has 3 rings (SSSR count). The van der Waals surface area contributed by atoms with Gasteiger partial charge in [0, 0.05) is 31.7 Å². The third-order valence-electron chi connectivity index (χ3n) is 5.52. The maximum Gasteiger partial charge on any atom is 0.230 e. The minimum absolute atomic E-state index is 0.228. The summed E-state index contributed by atoms with van der Waals surface area (Å²) in [5.74, 6) is 1.00. The molecule has 0 radical (unpaired) electrons. The lowest BCUT2D eigenvalue weighted by Crippen LogP contribution is -2.63. The molecule has 3 fully saturated rings. The van der Waals surface area contributed by atoms with Gasteiger partial charge in [-0.1, -0.05) is 6.92 Å². The number of fused-ring (bicyclic) bond motifs is 1. The van der Waals surface area contributed by atoms with Crippen LogP contribution in [-0.2, 0) is 4.79 Å². The van der Waals surface area contributed by atoms with Gasteiger partial charge in [0.15, 0.2) is 0 Å². The second kappa shape index (κ2) is 4.74. The molecule has 2 N–H and O–H groups in total. The zero-order valence-corrected chi connectivity index (χ0v) is 12.3. The zero-order valence-electron chi connectivity index (χ0n) is 12.3. The smallest absolute Gasteiger partial charge is 0.230 e. The molecule has 1 saturated carbocycles. The minimum Gasteiger partial charge on any atom is -0.337 e. The molecular weight excluding hydrogens is 238 g/mol. The number of rotatable bonds is 2. The van der Waals surface area contributed by atoms with Crippen LogP contribution in [0.3, 0.4) is 0 Å². The van der Waals surface area contributed by atoms with Crippen LogP contribution in [0.5, 0.6) is 0 Å². The Labute approximate surface area is 116 Å². The van der Waals surface area contributed by atoms with Crippen LogP contribution >= 0.6 is 0 Å². The molecule has 0 aromatic heterocycles. The number of carbonyl (C=O) groups excluding carboxylic acids is 1. The van der Waals surface area contributed by atoms with Crippen molar-refractivity contribution in [3.63, 3.8) is 0 Å². The molecule has 1 amide bonds. The monoisotopic (exact) mass is 265 g/mol. The molecule has 4 nitrogen and oxygen atoms in total. The third-order valence-corrected chi connectivity index (χ3v) is 5.52. The first kappa shape index (κ1) is 13.4. The second-order valence-electron chi connectivity index (χ2n) is 7.10. The van der Waals surface area contributed by atoms with Crippen molar-refractivity contribution < 1.29 is 4.79 Å². The highest BCUT2D eigenvalue weighted by Crippen LogP contribution is 2.46. The van der Waals surface area contributed by atoms with Crippen molar-refractivity contribution in [2.45, 2.75) is 51.6 Å². The van der Waals surface area contributed by atoms with E-state index in [0.717, 1.165) is 25.9 Å². The predicted molar refractivity (Wildman–Crippen MR) is 75.7 cm³/mol. The molecule has 19 heavy (non-hydrogen) atoms. The molecule has 2 unspecified atom stereocenters. The van der Waals surface area contributed by atoms with Gasteiger partial charge in [-0.15, -0.1) is 0 Å². The fourth-order valence-corrected chi connectivity index (χ4v) is 4.48. The summed E-state index contributed by atoms with van der Waals surface area (Å²) in [4.78, 5) is 17.6. The van der Waals surface area contributed by atoms with Crippen LogP contribution in [0.15, 0.2) is 0 Å². The van der Waals surface area contributed by atoms with E-state index < -0.39 is 0 Å². The maximum atomic E-state index is 12.9. The van der Waals surface area contributed by atoms with E-state index in [1.54, 1.807) is 0 Å². The van der Waals surface area contributed by atoms with Gasteiger partial charge in [-0.05, 0) is 45.1 Å². The van der Waals surface area contributed by atoms with Crippen LogP contribution in [-0.4, -0.2) is 54.0 Å². The number of carbonyl (C=O) groups is 1. The Morgan fingerprint density at radius 1 is 1.32 bits per heavy atom. The molecule has 1 aliphatic carbocycles. The van der Waals surface area contributed by atoms with Gasteiger partial charge in [0.1, 0.15) is 0 Å². The summed E-state index contributed by atoms with van der Waals surface area (Å²) in [6, 6.07) is 0.952. The van der Waals surface area contributed by atoms with E-state index in [1.165, 1.54) is 19.4 Å². The van der Waals surface area contributed by atoms with Crippen molar-refractivity contribution in [3.05, 3.63) is 0 Å². The number of nitrogens with zero attached hydrogens (tertiary/aromatic N) is 2. The van der Waals surface area contributed by atoms with Crippen molar-refractivity contribution in [1.29, 1.82) is 0 Å². The summed E-state index contributed by atoms with van der Waals surface area (Å²) in [6.07, 6.45) is 4.51. The molecule has 2 atom stereocenters. The van der Waals surface area contributed by atoms with Crippen LogP contribution in [0, 0.1) is 11.3 Å². The summed E-state index contributed by atoms with van der Waals surface area (Å²) >= 11 is 0. The summed E-state index contributed by atoms with van der Waals surface area (Å²) in [6.45, 7) is 8.13. The maximum absolute atomic E-state index is 12.9. The molecule has 0 spiro atoms. The molecule has 0 bridgehead atoms. The lowest BCUT2D eigenvalue weighted by atomic mass is 9.61. The highest BCUT2D eigenvalue weighted by atomic mass is 16.2. The normalized spacial score (nSPS) is 42.9. The Bertz CT molecular complexity index is 364. The Morgan fingerprint density at radius 3 is 2.68 bits per heavy atom. The number of piperazine rings is 1. The van der Waals surface area contributed by atoms with Gasteiger partial charge >= 0.3 is 0 Å². The first-order chi connectivity index (χ1) is 9.05. The van der Waals surface area contributed by atoms with Gasteiger partial charge in [-0.3, -0.25) is 9.69 Å². The number of hydrogen-bond acceptors (Lipinski definition) is 3. The Hall–Kier alpha value is -0.610. The van der Waals surface area contributed by atoms with Crippen molar-refractivity contribution in [3.8, 4) is 0 Å². The van der Waals surface area contributed by atoms with Crippen molar-refractivity contribution in [2.24, 2.45) is 17.1 Å². The average molecular weight is 265 g/mol. The predicted octanol–water partition coefficient (Wildman–Crippen LogP) is 1.06. The van der Waals surface area contributed by atoms with Crippen LogP contribution in [0.2, 0.25) is 0 Å². The lowest BCUT2D eigenvalue weighted by Gasteiger charge is -2.51. The van der Waals surface area contributed by atoms with Gasteiger partial charge < -0.3 is 10.6 Å². The quantitative estimate of drug-likeness (QED) is 0.812.